The topological polar surface area (TPSA) is 24.4 Å². The molecule has 0 spiro atoms. The van der Waals surface area contributed by atoms with Crippen molar-refractivity contribution in [3.8, 4) is 0 Å². The molecule has 0 radical (unpaired) electrons. The smallest absolute Gasteiger partial charge is 0.124 e. The summed E-state index contributed by atoms with van der Waals surface area (Å²) in [6.45, 7) is 14.5. The van der Waals surface area contributed by atoms with Gasteiger partial charge in [-0.3, -0.25) is 4.99 Å². The van der Waals surface area contributed by atoms with E-state index in [1.807, 2.05) is 26.0 Å². The van der Waals surface area contributed by atoms with Crippen LogP contribution in [0.4, 0.5) is 0 Å². The molecule has 0 heterocycles. The molecule has 0 aromatic heterocycles. The Bertz CT molecular complexity index is 715. The lowest BCUT2D eigenvalue weighted by Gasteiger charge is -2.22. The minimum atomic E-state index is 0.0611. The monoisotopic (exact) mass is 350 g/mol. The molecule has 1 N–H and O–H groups in total. The molecule has 0 atom stereocenters. The first-order chi connectivity index (χ1) is 12.5. The lowest BCUT2D eigenvalue weighted by Crippen LogP contribution is -2.22. The Morgan fingerprint density at radius 1 is 1.27 bits per heavy atom. The summed E-state index contributed by atoms with van der Waals surface area (Å²) in [7, 11) is 1.79. The van der Waals surface area contributed by atoms with Crippen LogP contribution in [0.25, 0.3) is 0 Å². The molecule has 1 aromatic carbocycles. The van der Waals surface area contributed by atoms with Crippen LogP contribution in [0.5, 0.6) is 0 Å². The summed E-state index contributed by atoms with van der Waals surface area (Å²) < 4.78 is 0. The predicted molar refractivity (Wildman–Crippen MR) is 117 cm³/mol. The average Bonchev–Trinajstić information content (AvgIpc) is 2.91. The maximum absolute atomic E-state index is 4.30. The summed E-state index contributed by atoms with van der Waals surface area (Å²) >= 11 is 0. The standard InChI is InChI=1S/C22H28N2.C2H6/c1-6-8-14-21(23-5)24-19(11-7-2)16-18-15-17-12-9-10-13-20(17)22(18,3)4;1-2/h6,8-14,16H,1,7,15H2,2-5H3,(H,23,24);1-2H3/b14-8-,18-16+,19-11+;. The quantitative estimate of drug-likeness (QED) is 0.386. The van der Waals surface area contributed by atoms with Gasteiger partial charge in [-0.25, -0.2) is 0 Å². The lowest BCUT2D eigenvalue weighted by atomic mass is 9.82. The zero-order valence-electron chi connectivity index (χ0n) is 17.3. The van der Waals surface area contributed by atoms with Gasteiger partial charge in [0.05, 0.1) is 0 Å². The second-order valence-corrected chi connectivity index (χ2v) is 6.52. The summed E-state index contributed by atoms with van der Waals surface area (Å²) in [4.78, 5) is 4.30. The van der Waals surface area contributed by atoms with E-state index in [4.69, 9.17) is 0 Å². The van der Waals surface area contributed by atoms with Crippen LogP contribution in [-0.2, 0) is 11.8 Å². The van der Waals surface area contributed by atoms with E-state index in [1.165, 1.54) is 16.7 Å². The highest BCUT2D eigenvalue weighted by Gasteiger charge is 2.34. The van der Waals surface area contributed by atoms with Crippen molar-refractivity contribution in [2.45, 2.75) is 52.9 Å². The number of hydrogen-bond acceptors (Lipinski definition) is 1. The average molecular weight is 351 g/mol. The Kier molecular flexibility index (Phi) is 8.84. The number of hydrogen-bond donors (Lipinski definition) is 1. The zero-order chi connectivity index (χ0) is 19.6. The van der Waals surface area contributed by atoms with Crippen molar-refractivity contribution < 1.29 is 0 Å². The number of amidine groups is 1. The normalized spacial score (nSPS) is 17.7. The van der Waals surface area contributed by atoms with E-state index in [-0.39, 0.29) is 5.41 Å². The molecule has 140 valence electrons. The van der Waals surface area contributed by atoms with Crippen LogP contribution < -0.4 is 5.32 Å². The number of nitrogens with zero attached hydrogens (tertiary/aromatic N) is 1. The van der Waals surface area contributed by atoms with Gasteiger partial charge in [0.1, 0.15) is 5.84 Å². The van der Waals surface area contributed by atoms with Gasteiger partial charge in [-0.15, -0.1) is 0 Å². The van der Waals surface area contributed by atoms with E-state index >= 15 is 0 Å². The Hall–Kier alpha value is -2.35. The molecule has 1 aliphatic rings. The van der Waals surface area contributed by atoms with Gasteiger partial charge in [0, 0.05) is 18.2 Å². The van der Waals surface area contributed by atoms with Crippen LogP contribution >= 0.6 is 0 Å². The molecule has 1 aromatic rings. The fourth-order valence-electron chi connectivity index (χ4n) is 3.15. The highest BCUT2D eigenvalue weighted by molar-refractivity contribution is 5.94. The molecule has 0 amide bonds. The summed E-state index contributed by atoms with van der Waals surface area (Å²) in [5, 5.41) is 3.43. The van der Waals surface area contributed by atoms with Crippen LogP contribution in [0.1, 0.15) is 52.2 Å². The van der Waals surface area contributed by atoms with E-state index in [0.29, 0.717) is 0 Å². The van der Waals surface area contributed by atoms with Crippen LogP contribution in [0.15, 0.2) is 77.5 Å². The largest absolute Gasteiger partial charge is 0.341 e. The fraction of sp³-hybridized carbons (Fsp3) is 0.375. The fourth-order valence-corrected chi connectivity index (χ4v) is 3.15. The third-order valence-corrected chi connectivity index (χ3v) is 4.53. The van der Waals surface area contributed by atoms with E-state index in [9.17, 15) is 0 Å². The summed E-state index contributed by atoms with van der Waals surface area (Å²) in [5.74, 6) is 0.833. The van der Waals surface area contributed by atoms with E-state index < -0.39 is 0 Å². The molecule has 1 aliphatic carbocycles. The maximum atomic E-state index is 4.30. The first kappa shape index (κ1) is 21.7. The second-order valence-electron chi connectivity index (χ2n) is 6.52. The van der Waals surface area contributed by atoms with Crippen LogP contribution in [0.3, 0.4) is 0 Å². The van der Waals surface area contributed by atoms with E-state index in [2.05, 4.69) is 74.1 Å². The van der Waals surface area contributed by atoms with Gasteiger partial charge in [0.25, 0.3) is 0 Å². The lowest BCUT2D eigenvalue weighted by molar-refractivity contribution is 0.642. The molecule has 2 rings (SSSR count). The van der Waals surface area contributed by atoms with Crippen molar-refractivity contribution in [2.24, 2.45) is 4.99 Å². The number of rotatable bonds is 5. The number of aliphatic imine (C=N–C) groups is 1. The van der Waals surface area contributed by atoms with Crippen molar-refractivity contribution in [2.75, 3.05) is 7.05 Å². The van der Waals surface area contributed by atoms with Gasteiger partial charge in [-0.05, 0) is 36.1 Å². The van der Waals surface area contributed by atoms with Crippen molar-refractivity contribution in [1.82, 2.24) is 5.32 Å². The third-order valence-electron chi connectivity index (χ3n) is 4.53. The molecule has 0 saturated carbocycles. The maximum Gasteiger partial charge on any atom is 0.124 e. The highest BCUT2D eigenvalue weighted by Crippen LogP contribution is 2.42. The molecule has 0 unspecified atom stereocenters. The number of benzene rings is 1. The molecule has 0 bridgehead atoms. The van der Waals surface area contributed by atoms with Gasteiger partial charge < -0.3 is 5.32 Å². The molecule has 26 heavy (non-hydrogen) atoms. The van der Waals surface area contributed by atoms with Gasteiger partial charge in [0.15, 0.2) is 0 Å². The van der Waals surface area contributed by atoms with Crippen LogP contribution in [-0.4, -0.2) is 12.9 Å². The number of fused-ring (bicyclic) bond motifs is 1. The first-order valence-electron chi connectivity index (χ1n) is 9.55. The highest BCUT2D eigenvalue weighted by atomic mass is 15.0. The van der Waals surface area contributed by atoms with Crippen LogP contribution in [0, 0.1) is 0 Å². The number of allylic oxidation sites excluding steroid dienone is 5. The van der Waals surface area contributed by atoms with E-state index in [0.717, 1.165) is 24.4 Å². The van der Waals surface area contributed by atoms with Crippen molar-refractivity contribution in [3.05, 3.63) is 83.6 Å². The van der Waals surface area contributed by atoms with E-state index in [1.54, 1.807) is 13.1 Å². The SMILES string of the molecule is C=C/C=C\C(=NC)NC(=C/CC)/C=C1\Cc2ccccc2C1(C)C.CC. The molecular weight excluding hydrogens is 316 g/mol. The first-order valence-corrected chi connectivity index (χ1v) is 9.55. The molecular formula is C24H34N2. The Morgan fingerprint density at radius 3 is 2.54 bits per heavy atom. The third kappa shape index (κ3) is 5.32. The molecule has 0 fully saturated rings. The Balaban J connectivity index is 0.00000163. The van der Waals surface area contributed by atoms with Crippen molar-refractivity contribution >= 4 is 5.84 Å². The molecule has 0 saturated heterocycles. The summed E-state index contributed by atoms with van der Waals surface area (Å²) in [6.07, 6.45) is 12.1. The Labute approximate surface area is 160 Å². The zero-order valence-corrected chi connectivity index (χ0v) is 17.3. The second kappa shape index (κ2) is 10.6. The van der Waals surface area contributed by atoms with Gasteiger partial charge in [0.2, 0.25) is 0 Å². The molecule has 2 nitrogen and oxygen atoms in total. The van der Waals surface area contributed by atoms with Gasteiger partial charge >= 0.3 is 0 Å². The summed E-state index contributed by atoms with van der Waals surface area (Å²) in [5.41, 5.74) is 5.45. The predicted octanol–water partition coefficient (Wildman–Crippen LogP) is 6.13. The Morgan fingerprint density at radius 2 is 1.96 bits per heavy atom. The van der Waals surface area contributed by atoms with Gasteiger partial charge in [-0.2, -0.15) is 0 Å². The molecule has 0 aliphatic heterocycles. The summed E-state index contributed by atoms with van der Waals surface area (Å²) in [6, 6.07) is 8.74. The van der Waals surface area contributed by atoms with Crippen LogP contribution in [0.2, 0.25) is 0 Å². The minimum Gasteiger partial charge on any atom is -0.341 e. The minimum absolute atomic E-state index is 0.0611. The van der Waals surface area contributed by atoms with Crippen molar-refractivity contribution in [1.29, 1.82) is 0 Å². The van der Waals surface area contributed by atoms with Crippen molar-refractivity contribution in [3.63, 3.8) is 0 Å². The molecule has 2 heteroatoms. The number of nitrogens with one attached hydrogen (secondary N) is 1. The van der Waals surface area contributed by atoms with Gasteiger partial charge in [-0.1, -0.05) is 89.3 Å².